The van der Waals surface area contributed by atoms with Crippen LogP contribution >= 0.6 is 0 Å². The number of hydrogen-bond acceptors (Lipinski definition) is 5. The average molecular weight is 236 g/mol. The summed E-state index contributed by atoms with van der Waals surface area (Å²) in [7, 11) is 1.25. The van der Waals surface area contributed by atoms with Gasteiger partial charge in [-0.1, -0.05) is 6.08 Å². The van der Waals surface area contributed by atoms with Crippen molar-refractivity contribution in [1.29, 1.82) is 0 Å². The Morgan fingerprint density at radius 2 is 2.53 bits per heavy atom. The summed E-state index contributed by atoms with van der Waals surface area (Å²) in [5.74, 6) is -0.628. The van der Waals surface area contributed by atoms with Crippen molar-refractivity contribution in [3.63, 3.8) is 0 Å². The standard InChI is InChI=1S/C11H12N2O4/c1-3-7-4-9(14)13(6-7)11-12-5-8(17-11)10(15)16-2/h3,5,7H,1,4,6H2,2H3. The first kappa shape index (κ1) is 11.4. The van der Waals surface area contributed by atoms with Crippen LogP contribution in [0.2, 0.25) is 0 Å². The number of anilines is 1. The fourth-order valence-corrected chi connectivity index (χ4v) is 1.66. The number of carbonyl (C=O) groups excluding carboxylic acids is 2. The van der Waals surface area contributed by atoms with Crippen LogP contribution in [0.5, 0.6) is 0 Å². The fraction of sp³-hybridized carbons (Fsp3) is 0.364. The van der Waals surface area contributed by atoms with E-state index >= 15 is 0 Å². The van der Waals surface area contributed by atoms with Crippen molar-refractivity contribution in [3.8, 4) is 0 Å². The molecule has 6 heteroatoms. The molecule has 17 heavy (non-hydrogen) atoms. The van der Waals surface area contributed by atoms with Crippen LogP contribution < -0.4 is 4.90 Å². The van der Waals surface area contributed by atoms with Gasteiger partial charge in [-0.25, -0.2) is 9.78 Å². The second kappa shape index (κ2) is 4.40. The first-order chi connectivity index (χ1) is 8.15. The van der Waals surface area contributed by atoms with Gasteiger partial charge in [-0.15, -0.1) is 6.58 Å². The second-order valence-electron chi connectivity index (χ2n) is 3.70. The molecule has 0 aliphatic carbocycles. The zero-order valence-corrected chi connectivity index (χ0v) is 9.38. The lowest BCUT2D eigenvalue weighted by Crippen LogP contribution is -2.24. The topological polar surface area (TPSA) is 72.6 Å². The van der Waals surface area contributed by atoms with E-state index in [0.717, 1.165) is 0 Å². The van der Waals surface area contributed by atoms with E-state index in [-0.39, 0.29) is 23.6 Å². The molecule has 0 saturated carbocycles. The van der Waals surface area contributed by atoms with E-state index < -0.39 is 5.97 Å². The third kappa shape index (κ3) is 2.06. The number of oxazole rings is 1. The van der Waals surface area contributed by atoms with Crippen molar-refractivity contribution in [3.05, 3.63) is 24.6 Å². The molecule has 1 unspecified atom stereocenters. The molecule has 1 aromatic heterocycles. The Morgan fingerprint density at radius 1 is 1.76 bits per heavy atom. The predicted octanol–water partition coefficient (Wildman–Crippen LogP) is 1.00. The first-order valence-electron chi connectivity index (χ1n) is 5.12. The van der Waals surface area contributed by atoms with Gasteiger partial charge in [0.2, 0.25) is 11.7 Å². The molecule has 2 rings (SSSR count). The molecular weight excluding hydrogens is 224 g/mol. The van der Waals surface area contributed by atoms with E-state index in [1.165, 1.54) is 18.2 Å². The number of amides is 1. The average Bonchev–Trinajstić information content (AvgIpc) is 2.94. The largest absolute Gasteiger partial charge is 0.463 e. The highest BCUT2D eigenvalue weighted by Crippen LogP contribution is 2.25. The van der Waals surface area contributed by atoms with E-state index in [1.54, 1.807) is 6.08 Å². The third-order valence-corrected chi connectivity index (χ3v) is 2.60. The number of ether oxygens (including phenoxy) is 1. The summed E-state index contributed by atoms with van der Waals surface area (Å²) in [6.45, 7) is 4.12. The van der Waals surface area contributed by atoms with Crippen molar-refractivity contribution < 1.29 is 18.7 Å². The van der Waals surface area contributed by atoms with Crippen LogP contribution in [0.3, 0.4) is 0 Å². The molecule has 1 aliphatic rings. The van der Waals surface area contributed by atoms with Crippen molar-refractivity contribution in [2.45, 2.75) is 6.42 Å². The van der Waals surface area contributed by atoms with Crippen molar-refractivity contribution >= 4 is 17.9 Å². The molecule has 6 nitrogen and oxygen atoms in total. The van der Waals surface area contributed by atoms with E-state index in [9.17, 15) is 9.59 Å². The highest BCUT2D eigenvalue weighted by molar-refractivity contribution is 5.94. The summed E-state index contributed by atoms with van der Waals surface area (Å²) in [5, 5.41) is 0. The van der Waals surface area contributed by atoms with E-state index in [0.29, 0.717) is 13.0 Å². The Labute approximate surface area is 97.9 Å². The summed E-state index contributed by atoms with van der Waals surface area (Å²) in [6.07, 6.45) is 3.36. The lowest BCUT2D eigenvalue weighted by molar-refractivity contribution is -0.117. The molecule has 1 fully saturated rings. The van der Waals surface area contributed by atoms with Gasteiger partial charge in [0.25, 0.3) is 0 Å². The number of aromatic nitrogens is 1. The zero-order valence-electron chi connectivity index (χ0n) is 9.38. The third-order valence-electron chi connectivity index (χ3n) is 2.60. The molecule has 1 aromatic rings. The minimum atomic E-state index is -0.615. The van der Waals surface area contributed by atoms with E-state index in [2.05, 4.69) is 16.3 Å². The lowest BCUT2D eigenvalue weighted by atomic mass is 10.1. The van der Waals surface area contributed by atoms with Gasteiger partial charge in [-0.05, 0) is 0 Å². The maximum absolute atomic E-state index is 11.7. The van der Waals surface area contributed by atoms with Crippen molar-refractivity contribution in [2.24, 2.45) is 5.92 Å². The predicted molar refractivity (Wildman–Crippen MR) is 58.5 cm³/mol. The zero-order chi connectivity index (χ0) is 12.4. The van der Waals surface area contributed by atoms with E-state index in [1.807, 2.05) is 0 Å². The number of carbonyl (C=O) groups is 2. The minimum absolute atomic E-state index is 0.0163. The normalized spacial score (nSPS) is 19.5. The monoisotopic (exact) mass is 236 g/mol. The smallest absolute Gasteiger partial charge is 0.375 e. The molecule has 0 N–H and O–H groups in total. The second-order valence-corrected chi connectivity index (χ2v) is 3.70. The van der Waals surface area contributed by atoms with Gasteiger partial charge >= 0.3 is 12.0 Å². The van der Waals surface area contributed by atoms with Gasteiger partial charge in [0.05, 0.1) is 13.3 Å². The van der Waals surface area contributed by atoms with Gasteiger partial charge in [0, 0.05) is 18.9 Å². The van der Waals surface area contributed by atoms with Gasteiger partial charge in [-0.3, -0.25) is 9.69 Å². The minimum Gasteiger partial charge on any atom is -0.463 e. The Kier molecular flexibility index (Phi) is 2.95. The molecule has 1 amide bonds. The van der Waals surface area contributed by atoms with Crippen LogP contribution in [0.15, 0.2) is 23.3 Å². The number of rotatable bonds is 3. The summed E-state index contributed by atoms with van der Waals surface area (Å²) in [4.78, 5) is 28.1. The molecule has 2 heterocycles. The van der Waals surface area contributed by atoms with Gasteiger partial charge in [0.15, 0.2) is 0 Å². The summed E-state index contributed by atoms with van der Waals surface area (Å²) in [6, 6.07) is 0.125. The van der Waals surface area contributed by atoms with Crippen LogP contribution in [0.1, 0.15) is 17.0 Å². The molecule has 0 spiro atoms. The highest BCUT2D eigenvalue weighted by atomic mass is 16.5. The van der Waals surface area contributed by atoms with Gasteiger partial charge < -0.3 is 9.15 Å². The lowest BCUT2D eigenvalue weighted by Gasteiger charge is -2.09. The number of esters is 1. The molecule has 1 atom stereocenters. The summed E-state index contributed by atoms with van der Waals surface area (Å²) < 4.78 is 9.66. The first-order valence-corrected chi connectivity index (χ1v) is 5.12. The Morgan fingerprint density at radius 3 is 3.12 bits per heavy atom. The van der Waals surface area contributed by atoms with Crippen LogP contribution in [0, 0.1) is 5.92 Å². The number of hydrogen-bond donors (Lipinski definition) is 0. The Bertz CT molecular complexity index is 466. The highest BCUT2D eigenvalue weighted by Gasteiger charge is 2.32. The summed E-state index contributed by atoms with van der Waals surface area (Å²) >= 11 is 0. The van der Waals surface area contributed by atoms with Gasteiger partial charge in [0.1, 0.15) is 0 Å². The van der Waals surface area contributed by atoms with Crippen LogP contribution in [-0.2, 0) is 9.53 Å². The molecule has 1 saturated heterocycles. The molecule has 0 radical (unpaired) electrons. The molecule has 0 bridgehead atoms. The van der Waals surface area contributed by atoms with Crippen molar-refractivity contribution in [1.82, 2.24) is 4.98 Å². The number of nitrogens with zero attached hydrogens (tertiary/aromatic N) is 2. The molecule has 1 aliphatic heterocycles. The summed E-state index contributed by atoms with van der Waals surface area (Å²) in [5.41, 5.74) is 0. The van der Waals surface area contributed by atoms with Crippen LogP contribution in [0.4, 0.5) is 6.01 Å². The molecule has 90 valence electrons. The Balaban J connectivity index is 2.18. The maximum Gasteiger partial charge on any atom is 0.375 e. The molecule has 0 aromatic carbocycles. The van der Waals surface area contributed by atoms with Crippen molar-refractivity contribution in [2.75, 3.05) is 18.6 Å². The molecular formula is C11H12N2O4. The Hall–Kier alpha value is -2.11. The van der Waals surface area contributed by atoms with Gasteiger partial charge in [-0.2, -0.15) is 0 Å². The fourth-order valence-electron chi connectivity index (χ4n) is 1.66. The van der Waals surface area contributed by atoms with Crippen LogP contribution in [-0.4, -0.2) is 30.5 Å². The quantitative estimate of drug-likeness (QED) is 0.578. The number of methoxy groups -OCH3 is 1. The van der Waals surface area contributed by atoms with E-state index in [4.69, 9.17) is 4.42 Å². The SMILES string of the molecule is C=CC1CC(=O)N(c2ncc(C(=O)OC)o2)C1. The van der Waals surface area contributed by atoms with Crippen LogP contribution in [0.25, 0.3) is 0 Å². The maximum atomic E-state index is 11.7.